The van der Waals surface area contributed by atoms with Gasteiger partial charge in [0, 0.05) is 19.6 Å². The van der Waals surface area contributed by atoms with Crippen LogP contribution in [0.25, 0.3) is 0 Å². The van der Waals surface area contributed by atoms with Gasteiger partial charge in [0.2, 0.25) is 0 Å². The van der Waals surface area contributed by atoms with Crippen molar-refractivity contribution in [1.29, 1.82) is 0 Å². The second-order valence-corrected chi connectivity index (χ2v) is 4.42. The van der Waals surface area contributed by atoms with Crippen LogP contribution in [0.1, 0.15) is 5.56 Å². The molecule has 1 atom stereocenters. The van der Waals surface area contributed by atoms with Crippen molar-refractivity contribution < 1.29 is 9.47 Å². The smallest absolute Gasteiger partial charge is 0.119 e. The van der Waals surface area contributed by atoms with Gasteiger partial charge in [-0.25, -0.2) is 0 Å². The summed E-state index contributed by atoms with van der Waals surface area (Å²) in [6, 6.07) is 7.89. The normalized spacial score (nSPS) is 21.4. The molecule has 4 heteroatoms. The molecular weight excluding hydrogens is 216 g/mol. The molecule has 0 aromatic heterocycles. The van der Waals surface area contributed by atoms with Gasteiger partial charge in [-0.1, -0.05) is 12.1 Å². The Morgan fingerprint density at radius 3 is 3.18 bits per heavy atom. The van der Waals surface area contributed by atoms with Gasteiger partial charge in [-0.05, 0) is 24.7 Å². The average Bonchev–Trinajstić information content (AvgIpc) is 2.37. The van der Waals surface area contributed by atoms with Crippen molar-refractivity contribution in [2.24, 2.45) is 5.73 Å². The second-order valence-electron chi connectivity index (χ2n) is 4.42. The van der Waals surface area contributed by atoms with E-state index in [-0.39, 0.29) is 6.10 Å². The number of benzene rings is 1. The third-order valence-corrected chi connectivity index (χ3v) is 2.91. The van der Waals surface area contributed by atoms with Gasteiger partial charge in [-0.2, -0.15) is 0 Å². The maximum Gasteiger partial charge on any atom is 0.119 e. The molecule has 1 saturated heterocycles. The molecule has 1 unspecified atom stereocenters. The summed E-state index contributed by atoms with van der Waals surface area (Å²) < 4.78 is 11.4. The Bertz CT molecular complexity index is 357. The molecule has 2 rings (SSSR count). The summed E-state index contributed by atoms with van der Waals surface area (Å²) in [5.74, 6) is 0.866. The summed E-state index contributed by atoms with van der Waals surface area (Å²) in [5, 5.41) is 0. The van der Waals surface area contributed by atoms with Crippen molar-refractivity contribution in [3.8, 4) is 5.75 Å². The second kappa shape index (κ2) is 6.00. The Kier molecular flexibility index (Phi) is 4.36. The van der Waals surface area contributed by atoms with Crippen LogP contribution in [0.4, 0.5) is 0 Å². The number of hydrogen-bond donors (Lipinski definition) is 1. The van der Waals surface area contributed by atoms with Crippen LogP contribution in [0.3, 0.4) is 0 Å². The fourth-order valence-corrected chi connectivity index (χ4v) is 1.92. The Morgan fingerprint density at radius 1 is 1.53 bits per heavy atom. The largest absolute Gasteiger partial charge is 0.491 e. The van der Waals surface area contributed by atoms with Crippen LogP contribution in [0.2, 0.25) is 0 Å². The lowest BCUT2D eigenvalue weighted by atomic mass is 10.2. The fraction of sp³-hybridized carbons (Fsp3) is 0.538. The van der Waals surface area contributed by atoms with E-state index in [1.165, 1.54) is 0 Å². The predicted molar refractivity (Wildman–Crippen MR) is 67.1 cm³/mol. The monoisotopic (exact) mass is 236 g/mol. The van der Waals surface area contributed by atoms with Crippen molar-refractivity contribution in [1.82, 2.24) is 4.90 Å². The van der Waals surface area contributed by atoms with Crippen molar-refractivity contribution in [3.63, 3.8) is 0 Å². The van der Waals surface area contributed by atoms with E-state index in [9.17, 15) is 0 Å². The van der Waals surface area contributed by atoms with Crippen LogP contribution < -0.4 is 10.5 Å². The first-order valence-electron chi connectivity index (χ1n) is 6.00. The Morgan fingerprint density at radius 2 is 2.41 bits per heavy atom. The Balaban J connectivity index is 1.84. The van der Waals surface area contributed by atoms with E-state index in [0.29, 0.717) is 13.2 Å². The molecule has 17 heavy (non-hydrogen) atoms. The zero-order valence-electron chi connectivity index (χ0n) is 10.3. The minimum atomic E-state index is 0.162. The molecule has 0 radical (unpaired) electrons. The first-order chi connectivity index (χ1) is 8.28. The Labute approximate surface area is 102 Å². The lowest BCUT2D eigenvalue weighted by Crippen LogP contribution is -2.42. The number of nitrogens with zero attached hydrogens (tertiary/aromatic N) is 1. The van der Waals surface area contributed by atoms with E-state index in [4.69, 9.17) is 15.2 Å². The number of nitrogens with two attached hydrogens (primary N) is 1. The number of hydrogen-bond acceptors (Lipinski definition) is 4. The third-order valence-electron chi connectivity index (χ3n) is 2.91. The van der Waals surface area contributed by atoms with Gasteiger partial charge in [-0.15, -0.1) is 0 Å². The van der Waals surface area contributed by atoms with Crippen molar-refractivity contribution in [2.75, 3.05) is 33.4 Å². The maximum absolute atomic E-state index is 5.73. The van der Waals surface area contributed by atoms with Gasteiger partial charge < -0.3 is 20.1 Å². The molecule has 1 fully saturated rings. The highest BCUT2D eigenvalue weighted by Gasteiger charge is 2.18. The first-order valence-corrected chi connectivity index (χ1v) is 6.00. The minimum Gasteiger partial charge on any atom is -0.491 e. The molecule has 0 bridgehead atoms. The van der Waals surface area contributed by atoms with Crippen LogP contribution in [-0.4, -0.2) is 44.4 Å². The van der Waals surface area contributed by atoms with Crippen LogP contribution in [-0.2, 0) is 11.3 Å². The maximum atomic E-state index is 5.73. The van der Waals surface area contributed by atoms with Crippen LogP contribution in [0.15, 0.2) is 24.3 Å². The predicted octanol–water partition coefficient (Wildman–Crippen LogP) is 0.855. The van der Waals surface area contributed by atoms with Crippen LogP contribution >= 0.6 is 0 Å². The lowest BCUT2D eigenvalue weighted by Gasteiger charge is -2.29. The van der Waals surface area contributed by atoms with E-state index in [1.54, 1.807) is 0 Å². The van der Waals surface area contributed by atoms with Gasteiger partial charge >= 0.3 is 0 Å². The Hall–Kier alpha value is -1.10. The average molecular weight is 236 g/mol. The van der Waals surface area contributed by atoms with E-state index in [1.807, 2.05) is 24.3 Å². The minimum absolute atomic E-state index is 0.162. The van der Waals surface area contributed by atoms with E-state index in [2.05, 4.69) is 11.9 Å². The van der Waals surface area contributed by atoms with Crippen LogP contribution in [0.5, 0.6) is 5.75 Å². The molecule has 1 aliphatic heterocycles. The molecule has 0 saturated carbocycles. The van der Waals surface area contributed by atoms with Gasteiger partial charge in [0.25, 0.3) is 0 Å². The summed E-state index contributed by atoms with van der Waals surface area (Å²) in [5.41, 5.74) is 6.68. The molecule has 94 valence electrons. The molecule has 1 aromatic carbocycles. The highest BCUT2D eigenvalue weighted by Crippen LogP contribution is 2.14. The summed E-state index contributed by atoms with van der Waals surface area (Å²) in [6.07, 6.45) is 0.162. The zero-order chi connectivity index (χ0) is 12.1. The molecule has 1 aromatic rings. The van der Waals surface area contributed by atoms with Gasteiger partial charge in [-0.3, -0.25) is 0 Å². The van der Waals surface area contributed by atoms with E-state index < -0.39 is 0 Å². The summed E-state index contributed by atoms with van der Waals surface area (Å²) in [7, 11) is 2.10. The quantitative estimate of drug-likeness (QED) is 0.842. The number of ether oxygens (including phenoxy) is 2. The molecule has 1 heterocycles. The SMILES string of the molecule is CN1CCOC(COc2cccc(CN)c2)C1. The van der Waals surface area contributed by atoms with Crippen molar-refractivity contribution in [3.05, 3.63) is 29.8 Å². The fourth-order valence-electron chi connectivity index (χ4n) is 1.92. The van der Waals surface area contributed by atoms with Gasteiger partial charge in [0.05, 0.1) is 6.61 Å². The zero-order valence-corrected chi connectivity index (χ0v) is 10.3. The molecule has 1 aliphatic rings. The van der Waals surface area contributed by atoms with Gasteiger partial charge in [0.15, 0.2) is 0 Å². The topological polar surface area (TPSA) is 47.7 Å². The third kappa shape index (κ3) is 3.70. The summed E-state index contributed by atoms with van der Waals surface area (Å²) >= 11 is 0. The molecule has 0 aliphatic carbocycles. The summed E-state index contributed by atoms with van der Waals surface area (Å²) in [4.78, 5) is 2.26. The van der Waals surface area contributed by atoms with Gasteiger partial charge in [0.1, 0.15) is 18.5 Å². The van der Waals surface area contributed by atoms with Crippen LogP contribution in [0, 0.1) is 0 Å². The lowest BCUT2D eigenvalue weighted by molar-refractivity contribution is -0.0403. The number of morpholine rings is 1. The highest BCUT2D eigenvalue weighted by atomic mass is 16.5. The molecule has 2 N–H and O–H groups in total. The first kappa shape index (κ1) is 12.4. The molecule has 0 amide bonds. The standard InChI is InChI=1S/C13H20N2O2/c1-15-5-6-16-13(9-15)10-17-12-4-2-3-11(7-12)8-14/h2-4,7,13H,5-6,8-10,14H2,1H3. The highest BCUT2D eigenvalue weighted by molar-refractivity contribution is 5.28. The van der Waals surface area contributed by atoms with E-state index in [0.717, 1.165) is 31.0 Å². The number of likely N-dealkylation sites (N-methyl/N-ethyl adjacent to an activating group) is 1. The molecule has 4 nitrogen and oxygen atoms in total. The van der Waals surface area contributed by atoms with Crippen molar-refractivity contribution in [2.45, 2.75) is 12.6 Å². The molecule has 0 spiro atoms. The number of rotatable bonds is 4. The summed E-state index contributed by atoms with van der Waals surface area (Å²) in [6.45, 7) is 3.85. The molecular formula is C13H20N2O2. The van der Waals surface area contributed by atoms with Crippen molar-refractivity contribution >= 4 is 0 Å². The van der Waals surface area contributed by atoms with E-state index >= 15 is 0 Å².